The smallest absolute Gasteiger partial charge is 0.260 e. The number of carbonyl (C=O) groups is 1. The molecule has 1 unspecified atom stereocenters. The molecule has 0 fully saturated rings. The van der Waals surface area contributed by atoms with Gasteiger partial charge in [0.15, 0.2) is 6.61 Å². The third-order valence-corrected chi connectivity index (χ3v) is 3.66. The van der Waals surface area contributed by atoms with E-state index in [1.807, 2.05) is 25.1 Å². The fourth-order valence-electron chi connectivity index (χ4n) is 2.27. The van der Waals surface area contributed by atoms with Crippen LogP contribution in [0.25, 0.3) is 0 Å². The van der Waals surface area contributed by atoms with E-state index in [2.05, 4.69) is 0 Å². The summed E-state index contributed by atoms with van der Waals surface area (Å²) in [4.78, 5) is 13.3. The summed E-state index contributed by atoms with van der Waals surface area (Å²) in [5.74, 6) is 0.610. The number of hydrogen-bond acceptors (Lipinski definition) is 3. The highest BCUT2D eigenvalue weighted by atomic mass is 16.5. The first-order valence-electron chi connectivity index (χ1n) is 6.79. The van der Waals surface area contributed by atoms with Gasteiger partial charge in [0.05, 0.1) is 6.10 Å². The number of ether oxygens (including phenoxy) is 1. The Hall–Kier alpha value is -1.55. The molecule has 0 aromatic heterocycles. The lowest BCUT2D eigenvalue weighted by Gasteiger charge is -2.22. The molecule has 0 saturated heterocycles. The number of likely N-dealkylation sites (N-methyl/N-ethyl adjacent to an activating group) is 1. The number of benzene rings is 1. The van der Waals surface area contributed by atoms with Crippen LogP contribution in [-0.4, -0.2) is 36.1 Å². The van der Waals surface area contributed by atoms with E-state index in [9.17, 15) is 9.90 Å². The zero-order valence-corrected chi connectivity index (χ0v) is 11.6. The molecule has 19 heavy (non-hydrogen) atoms. The van der Waals surface area contributed by atoms with Gasteiger partial charge in [-0.1, -0.05) is 6.07 Å². The van der Waals surface area contributed by atoms with Gasteiger partial charge in [-0.2, -0.15) is 0 Å². The van der Waals surface area contributed by atoms with E-state index in [1.165, 1.54) is 5.56 Å². The van der Waals surface area contributed by atoms with E-state index >= 15 is 0 Å². The Morgan fingerprint density at radius 1 is 1.53 bits per heavy atom. The quantitative estimate of drug-likeness (QED) is 0.902. The van der Waals surface area contributed by atoms with Gasteiger partial charge < -0.3 is 14.7 Å². The lowest BCUT2D eigenvalue weighted by atomic mass is 9.89. The average Bonchev–Trinajstić information content (AvgIpc) is 2.44. The monoisotopic (exact) mass is 263 g/mol. The first-order chi connectivity index (χ1) is 9.11. The van der Waals surface area contributed by atoms with Crippen LogP contribution in [0.1, 0.15) is 37.0 Å². The summed E-state index contributed by atoms with van der Waals surface area (Å²) < 4.78 is 5.50. The predicted octanol–water partition coefficient (Wildman–Crippen LogP) is 1.91. The van der Waals surface area contributed by atoms with E-state index in [0.717, 1.165) is 24.8 Å². The van der Waals surface area contributed by atoms with Gasteiger partial charge in [-0.15, -0.1) is 0 Å². The molecule has 0 radical (unpaired) electrons. The Morgan fingerprint density at radius 3 is 3.05 bits per heavy atom. The van der Waals surface area contributed by atoms with Crippen molar-refractivity contribution in [3.05, 3.63) is 29.3 Å². The van der Waals surface area contributed by atoms with Crippen molar-refractivity contribution in [1.82, 2.24) is 4.90 Å². The summed E-state index contributed by atoms with van der Waals surface area (Å²) in [7, 11) is 1.75. The number of rotatable bonds is 4. The van der Waals surface area contributed by atoms with Crippen LogP contribution in [0.15, 0.2) is 18.2 Å². The molecule has 1 N–H and O–H groups in total. The molecule has 4 heteroatoms. The molecular formula is C15H21NO3. The first-order valence-corrected chi connectivity index (χ1v) is 6.79. The van der Waals surface area contributed by atoms with E-state index in [1.54, 1.807) is 11.9 Å². The molecule has 0 spiro atoms. The summed E-state index contributed by atoms with van der Waals surface area (Å²) in [6.07, 6.45) is 2.42. The molecule has 0 saturated carbocycles. The van der Waals surface area contributed by atoms with Crippen molar-refractivity contribution in [2.45, 2.75) is 32.3 Å². The van der Waals surface area contributed by atoms with Gasteiger partial charge in [0, 0.05) is 13.6 Å². The molecule has 2 rings (SSSR count). The van der Waals surface area contributed by atoms with Gasteiger partial charge in [0.1, 0.15) is 5.75 Å². The highest BCUT2D eigenvalue weighted by molar-refractivity contribution is 5.77. The lowest BCUT2D eigenvalue weighted by Crippen LogP contribution is -2.31. The molecule has 1 aliphatic rings. The number of aliphatic hydroxyl groups is 1. The van der Waals surface area contributed by atoms with Crippen molar-refractivity contribution in [2.24, 2.45) is 0 Å². The van der Waals surface area contributed by atoms with Crippen LogP contribution < -0.4 is 4.74 Å². The maximum absolute atomic E-state index is 11.7. The Bertz CT molecular complexity index is 459. The van der Waals surface area contributed by atoms with Crippen molar-refractivity contribution in [1.29, 1.82) is 0 Å². The van der Waals surface area contributed by atoms with Crippen LogP contribution in [-0.2, 0) is 11.2 Å². The first kappa shape index (κ1) is 13.9. The SMILES string of the molecule is CCN(C)C(=O)COc1ccc2c(c1)C(O)CCC2. The van der Waals surface area contributed by atoms with Crippen molar-refractivity contribution in [3.8, 4) is 5.75 Å². The summed E-state index contributed by atoms with van der Waals surface area (Å²) in [5, 5.41) is 9.96. The van der Waals surface area contributed by atoms with Crippen molar-refractivity contribution in [2.75, 3.05) is 20.2 Å². The Kier molecular flexibility index (Phi) is 4.43. The predicted molar refractivity (Wildman–Crippen MR) is 73.1 cm³/mol. The van der Waals surface area contributed by atoms with Crippen LogP contribution in [0.3, 0.4) is 0 Å². The van der Waals surface area contributed by atoms with Crippen LogP contribution in [0, 0.1) is 0 Å². The van der Waals surface area contributed by atoms with Crippen molar-refractivity contribution >= 4 is 5.91 Å². The zero-order valence-electron chi connectivity index (χ0n) is 11.6. The highest BCUT2D eigenvalue weighted by Crippen LogP contribution is 2.32. The third-order valence-electron chi connectivity index (χ3n) is 3.66. The lowest BCUT2D eigenvalue weighted by molar-refractivity contribution is -0.131. The number of nitrogens with zero attached hydrogens (tertiary/aromatic N) is 1. The molecule has 1 amide bonds. The van der Waals surface area contributed by atoms with Crippen LogP contribution in [0.4, 0.5) is 0 Å². The Labute approximate surface area is 114 Å². The third kappa shape index (κ3) is 3.26. The van der Waals surface area contributed by atoms with Gasteiger partial charge in [-0.05, 0) is 49.4 Å². The zero-order chi connectivity index (χ0) is 13.8. The fourth-order valence-corrected chi connectivity index (χ4v) is 2.27. The van der Waals surface area contributed by atoms with Gasteiger partial charge in [-0.25, -0.2) is 0 Å². The summed E-state index contributed by atoms with van der Waals surface area (Å²) in [5.41, 5.74) is 2.13. The van der Waals surface area contributed by atoms with E-state index in [0.29, 0.717) is 12.3 Å². The number of aliphatic hydroxyl groups excluding tert-OH is 1. The van der Waals surface area contributed by atoms with Crippen molar-refractivity contribution < 1.29 is 14.6 Å². The van der Waals surface area contributed by atoms with Crippen LogP contribution in [0.2, 0.25) is 0 Å². The molecule has 0 bridgehead atoms. The van der Waals surface area contributed by atoms with Crippen LogP contribution in [0.5, 0.6) is 5.75 Å². The Balaban J connectivity index is 2.02. The Morgan fingerprint density at radius 2 is 2.32 bits per heavy atom. The number of hydrogen-bond donors (Lipinski definition) is 1. The van der Waals surface area contributed by atoms with E-state index < -0.39 is 6.10 Å². The summed E-state index contributed by atoms with van der Waals surface area (Å²) in [6.45, 7) is 2.64. The molecular weight excluding hydrogens is 242 g/mol. The van der Waals surface area contributed by atoms with E-state index in [-0.39, 0.29) is 12.5 Å². The normalized spacial score (nSPS) is 17.7. The number of amides is 1. The average molecular weight is 263 g/mol. The number of aryl methyl sites for hydroxylation is 1. The minimum Gasteiger partial charge on any atom is -0.484 e. The molecule has 1 atom stereocenters. The molecule has 1 aromatic rings. The largest absolute Gasteiger partial charge is 0.484 e. The second-order valence-electron chi connectivity index (χ2n) is 4.97. The molecule has 0 heterocycles. The summed E-state index contributed by atoms with van der Waals surface area (Å²) in [6, 6.07) is 5.72. The number of fused-ring (bicyclic) bond motifs is 1. The second-order valence-corrected chi connectivity index (χ2v) is 4.97. The molecule has 0 aliphatic heterocycles. The van der Waals surface area contributed by atoms with Crippen molar-refractivity contribution in [3.63, 3.8) is 0 Å². The van der Waals surface area contributed by atoms with Gasteiger partial charge in [-0.3, -0.25) is 4.79 Å². The van der Waals surface area contributed by atoms with Crippen LogP contribution >= 0.6 is 0 Å². The molecule has 104 valence electrons. The summed E-state index contributed by atoms with van der Waals surface area (Å²) >= 11 is 0. The van der Waals surface area contributed by atoms with Gasteiger partial charge in [0.25, 0.3) is 5.91 Å². The van der Waals surface area contributed by atoms with E-state index in [4.69, 9.17) is 4.74 Å². The molecule has 1 aliphatic carbocycles. The van der Waals surface area contributed by atoms with Gasteiger partial charge in [0.2, 0.25) is 0 Å². The topological polar surface area (TPSA) is 49.8 Å². The molecule has 1 aromatic carbocycles. The minimum absolute atomic E-state index is 0.0409. The highest BCUT2D eigenvalue weighted by Gasteiger charge is 2.18. The maximum atomic E-state index is 11.7. The van der Waals surface area contributed by atoms with Gasteiger partial charge >= 0.3 is 0 Å². The second kappa shape index (κ2) is 6.06. The minimum atomic E-state index is -0.402. The standard InChI is InChI=1S/C15H21NO3/c1-3-16(2)15(18)10-19-12-8-7-11-5-4-6-14(17)13(11)9-12/h7-9,14,17H,3-6,10H2,1-2H3. The fraction of sp³-hybridized carbons (Fsp3) is 0.533. The molecule has 4 nitrogen and oxygen atoms in total. The maximum Gasteiger partial charge on any atom is 0.260 e. The number of carbonyl (C=O) groups excluding carboxylic acids is 1.